The van der Waals surface area contributed by atoms with Gasteiger partial charge in [0.2, 0.25) is 0 Å². The van der Waals surface area contributed by atoms with Crippen molar-refractivity contribution in [1.82, 2.24) is 0 Å². The Kier molecular flexibility index (Phi) is 5.44. The van der Waals surface area contributed by atoms with E-state index in [0.29, 0.717) is 0 Å². The van der Waals surface area contributed by atoms with Gasteiger partial charge in [0.15, 0.2) is 0 Å². The molecule has 0 heterocycles. The SMILES string of the molecule is Br.NC(C(=O)O)c1c(Cl)cccc1Cl. The lowest BCUT2D eigenvalue weighted by Crippen LogP contribution is -2.21. The van der Waals surface area contributed by atoms with Crippen LogP contribution < -0.4 is 5.73 Å². The number of carboxylic acids is 1. The first-order valence-corrected chi connectivity index (χ1v) is 4.22. The van der Waals surface area contributed by atoms with E-state index in [-0.39, 0.29) is 32.6 Å². The summed E-state index contributed by atoms with van der Waals surface area (Å²) in [5, 5.41) is 9.17. The number of hydrogen-bond donors (Lipinski definition) is 2. The summed E-state index contributed by atoms with van der Waals surface area (Å²) in [4.78, 5) is 10.6. The van der Waals surface area contributed by atoms with Crippen LogP contribution in [0.25, 0.3) is 0 Å². The second-order valence-electron chi connectivity index (χ2n) is 2.45. The Morgan fingerprint density at radius 3 is 2.14 bits per heavy atom. The minimum Gasteiger partial charge on any atom is -0.480 e. The zero-order valence-electron chi connectivity index (χ0n) is 6.91. The second-order valence-corrected chi connectivity index (χ2v) is 3.27. The summed E-state index contributed by atoms with van der Waals surface area (Å²) in [6, 6.07) is 3.54. The maximum atomic E-state index is 10.6. The van der Waals surface area contributed by atoms with Crippen molar-refractivity contribution < 1.29 is 9.90 Å². The van der Waals surface area contributed by atoms with Gasteiger partial charge in [-0.1, -0.05) is 29.3 Å². The lowest BCUT2D eigenvalue weighted by Gasteiger charge is -2.10. The molecule has 0 fully saturated rings. The molecular formula is C8H8BrCl2NO2. The number of hydrogen-bond acceptors (Lipinski definition) is 2. The Hall–Kier alpha value is -0.290. The van der Waals surface area contributed by atoms with E-state index in [0.717, 1.165) is 0 Å². The zero-order chi connectivity index (χ0) is 10.0. The van der Waals surface area contributed by atoms with Gasteiger partial charge in [0.25, 0.3) is 0 Å². The van der Waals surface area contributed by atoms with E-state index in [1.165, 1.54) is 0 Å². The van der Waals surface area contributed by atoms with Crippen molar-refractivity contribution in [2.45, 2.75) is 6.04 Å². The van der Waals surface area contributed by atoms with E-state index in [1.54, 1.807) is 18.2 Å². The number of nitrogens with two attached hydrogens (primary N) is 1. The highest BCUT2D eigenvalue weighted by Gasteiger charge is 2.19. The molecule has 3 N–H and O–H groups in total. The van der Waals surface area contributed by atoms with Crippen molar-refractivity contribution in [2.75, 3.05) is 0 Å². The van der Waals surface area contributed by atoms with Crippen LogP contribution >= 0.6 is 40.2 Å². The first kappa shape index (κ1) is 13.7. The van der Waals surface area contributed by atoms with Gasteiger partial charge in [0, 0.05) is 15.6 Å². The molecule has 0 aliphatic rings. The molecule has 0 radical (unpaired) electrons. The maximum Gasteiger partial charge on any atom is 0.325 e. The van der Waals surface area contributed by atoms with Gasteiger partial charge in [0.1, 0.15) is 6.04 Å². The highest BCUT2D eigenvalue weighted by atomic mass is 79.9. The molecule has 1 aromatic carbocycles. The van der Waals surface area contributed by atoms with Gasteiger partial charge in [-0.15, -0.1) is 17.0 Å². The summed E-state index contributed by atoms with van der Waals surface area (Å²) >= 11 is 11.5. The molecular weight excluding hydrogens is 293 g/mol. The molecule has 0 bridgehead atoms. The van der Waals surface area contributed by atoms with Crippen LogP contribution in [0.5, 0.6) is 0 Å². The average Bonchev–Trinajstić information content (AvgIpc) is 2.03. The molecule has 0 spiro atoms. The molecule has 0 saturated carbocycles. The van der Waals surface area contributed by atoms with E-state index in [2.05, 4.69) is 0 Å². The lowest BCUT2D eigenvalue weighted by molar-refractivity contribution is -0.138. The van der Waals surface area contributed by atoms with Crippen molar-refractivity contribution in [2.24, 2.45) is 5.73 Å². The van der Waals surface area contributed by atoms with Gasteiger partial charge in [-0.05, 0) is 12.1 Å². The van der Waals surface area contributed by atoms with Crippen LogP contribution in [0, 0.1) is 0 Å². The lowest BCUT2D eigenvalue weighted by atomic mass is 10.1. The summed E-state index contributed by atoms with van der Waals surface area (Å²) in [5.74, 6) is -1.16. The number of carboxylic acid groups (broad SMARTS) is 1. The Bertz CT molecular complexity index is 326. The standard InChI is InChI=1S/C8H7Cl2NO2.BrH/c9-4-2-1-3-5(10)6(4)7(11)8(12)13;/h1-3,7H,11H2,(H,12,13);1H. The molecule has 1 unspecified atom stereocenters. The normalized spacial score (nSPS) is 11.6. The van der Waals surface area contributed by atoms with Gasteiger partial charge < -0.3 is 10.8 Å². The van der Waals surface area contributed by atoms with E-state index >= 15 is 0 Å². The molecule has 1 rings (SSSR count). The van der Waals surface area contributed by atoms with Crippen molar-refractivity contribution in [3.05, 3.63) is 33.8 Å². The topological polar surface area (TPSA) is 63.3 Å². The van der Waals surface area contributed by atoms with Gasteiger partial charge >= 0.3 is 5.97 Å². The van der Waals surface area contributed by atoms with E-state index < -0.39 is 12.0 Å². The molecule has 0 aliphatic heterocycles. The third kappa shape index (κ3) is 2.85. The van der Waals surface area contributed by atoms with Crippen LogP contribution in [0.3, 0.4) is 0 Å². The average molecular weight is 301 g/mol. The van der Waals surface area contributed by atoms with Crippen LogP contribution in [0.2, 0.25) is 10.0 Å². The van der Waals surface area contributed by atoms with E-state index in [9.17, 15) is 4.79 Å². The van der Waals surface area contributed by atoms with Crippen LogP contribution in [-0.2, 0) is 4.79 Å². The van der Waals surface area contributed by atoms with Crippen molar-refractivity contribution in [1.29, 1.82) is 0 Å². The largest absolute Gasteiger partial charge is 0.480 e. The monoisotopic (exact) mass is 299 g/mol. The quantitative estimate of drug-likeness (QED) is 0.882. The molecule has 1 aromatic rings. The fourth-order valence-electron chi connectivity index (χ4n) is 0.931. The molecule has 3 nitrogen and oxygen atoms in total. The molecule has 0 amide bonds. The molecule has 78 valence electrons. The number of rotatable bonds is 2. The third-order valence-corrected chi connectivity index (χ3v) is 2.24. The first-order chi connectivity index (χ1) is 6.04. The van der Waals surface area contributed by atoms with Gasteiger partial charge in [-0.2, -0.15) is 0 Å². The number of carbonyl (C=O) groups is 1. The van der Waals surface area contributed by atoms with Crippen LogP contribution in [0.1, 0.15) is 11.6 Å². The minimum atomic E-state index is -1.18. The second kappa shape index (κ2) is 5.56. The smallest absolute Gasteiger partial charge is 0.325 e. The van der Waals surface area contributed by atoms with Gasteiger partial charge in [0.05, 0.1) is 0 Å². The Labute approximate surface area is 102 Å². The predicted molar refractivity (Wildman–Crippen MR) is 61.3 cm³/mol. The van der Waals surface area contributed by atoms with Gasteiger partial charge in [-0.3, -0.25) is 4.79 Å². The molecule has 0 saturated heterocycles. The molecule has 6 heteroatoms. The van der Waals surface area contributed by atoms with Crippen LogP contribution in [-0.4, -0.2) is 11.1 Å². The Morgan fingerprint density at radius 1 is 1.36 bits per heavy atom. The van der Waals surface area contributed by atoms with Crippen molar-refractivity contribution >= 4 is 46.2 Å². The number of aliphatic carboxylic acids is 1. The number of benzene rings is 1. The molecule has 0 aliphatic carbocycles. The maximum absolute atomic E-state index is 10.6. The summed E-state index contributed by atoms with van der Waals surface area (Å²) in [6.07, 6.45) is 0. The summed E-state index contributed by atoms with van der Waals surface area (Å²) < 4.78 is 0. The third-order valence-electron chi connectivity index (χ3n) is 1.58. The Balaban J connectivity index is 0.00000169. The zero-order valence-corrected chi connectivity index (χ0v) is 10.1. The predicted octanol–water partition coefficient (Wildman–Crippen LogP) is 2.66. The molecule has 0 aromatic heterocycles. The fourth-order valence-corrected chi connectivity index (χ4v) is 1.56. The van der Waals surface area contributed by atoms with Crippen molar-refractivity contribution in [3.8, 4) is 0 Å². The summed E-state index contributed by atoms with van der Waals surface area (Å²) in [6.45, 7) is 0. The van der Waals surface area contributed by atoms with E-state index in [4.69, 9.17) is 34.0 Å². The minimum absolute atomic E-state index is 0. The van der Waals surface area contributed by atoms with Crippen molar-refractivity contribution in [3.63, 3.8) is 0 Å². The molecule has 14 heavy (non-hydrogen) atoms. The first-order valence-electron chi connectivity index (χ1n) is 3.46. The summed E-state index contributed by atoms with van der Waals surface area (Å²) in [7, 11) is 0. The highest BCUT2D eigenvalue weighted by Crippen LogP contribution is 2.28. The fraction of sp³-hybridized carbons (Fsp3) is 0.125. The number of halogens is 3. The van der Waals surface area contributed by atoms with E-state index in [1.807, 2.05) is 0 Å². The highest BCUT2D eigenvalue weighted by molar-refractivity contribution is 8.93. The van der Waals surface area contributed by atoms with Gasteiger partial charge in [-0.25, -0.2) is 0 Å². The van der Waals surface area contributed by atoms with Crippen LogP contribution in [0.15, 0.2) is 18.2 Å². The van der Waals surface area contributed by atoms with Crippen LogP contribution in [0.4, 0.5) is 0 Å². The molecule has 1 atom stereocenters. The summed E-state index contributed by atoms with van der Waals surface area (Å²) in [5.41, 5.74) is 5.62. The Morgan fingerprint density at radius 2 is 1.79 bits per heavy atom.